The van der Waals surface area contributed by atoms with E-state index in [0.717, 1.165) is 43.5 Å². The van der Waals surface area contributed by atoms with Crippen molar-refractivity contribution >= 4 is 11.6 Å². The van der Waals surface area contributed by atoms with Gasteiger partial charge in [-0.05, 0) is 56.1 Å². The zero-order chi connectivity index (χ0) is 13.4. The van der Waals surface area contributed by atoms with E-state index in [9.17, 15) is 0 Å². The van der Waals surface area contributed by atoms with Crippen LogP contribution in [0.1, 0.15) is 31.4 Å². The maximum atomic E-state index is 6.17. The minimum atomic E-state index is 0.726. The summed E-state index contributed by atoms with van der Waals surface area (Å²) in [6, 6.07) is 6.22. The molecule has 18 heavy (non-hydrogen) atoms. The summed E-state index contributed by atoms with van der Waals surface area (Å²) in [4.78, 5) is 0. The number of nitrogens with one attached hydrogen (secondary N) is 2. The highest BCUT2D eigenvalue weighted by atomic mass is 35.5. The third kappa shape index (κ3) is 6.39. The molecule has 0 spiro atoms. The standard InChI is InChI=1S/C15H25ClN2/c1-12(2)10-17-7-4-8-18-11-14-6-5-13(3)9-15(14)16/h5-6,9,12,17-18H,4,7-8,10-11H2,1-3H3. The highest BCUT2D eigenvalue weighted by molar-refractivity contribution is 6.31. The third-order valence-corrected chi connectivity index (χ3v) is 3.14. The SMILES string of the molecule is Cc1ccc(CNCCCNCC(C)C)c(Cl)c1. The second-order valence-corrected chi connectivity index (χ2v) is 5.63. The second kappa shape index (κ2) is 8.52. The first-order valence-electron chi connectivity index (χ1n) is 6.76. The zero-order valence-corrected chi connectivity index (χ0v) is 12.5. The smallest absolute Gasteiger partial charge is 0.0453 e. The van der Waals surface area contributed by atoms with Crippen molar-refractivity contribution in [1.82, 2.24) is 10.6 Å². The van der Waals surface area contributed by atoms with Crippen LogP contribution in [-0.4, -0.2) is 19.6 Å². The van der Waals surface area contributed by atoms with Gasteiger partial charge in [-0.3, -0.25) is 0 Å². The third-order valence-electron chi connectivity index (χ3n) is 2.78. The molecule has 0 aliphatic heterocycles. The summed E-state index contributed by atoms with van der Waals surface area (Å²) < 4.78 is 0. The fourth-order valence-corrected chi connectivity index (χ4v) is 2.05. The van der Waals surface area contributed by atoms with E-state index in [0.29, 0.717) is 0 Å². The van der Waals surface area contributed by atoms with Crippen LogP contribution in [0.15, 0.2) is 18.2 Å². The van der Waals surface area contributed by atoms with E-state index in [1.807, 2.05) is 6.07 Å². The Morgan fingerprint density at radius 3 is 2.56 bits per heavy atom. The van der Waals surface area contributed by atoms with E-state index in [1.165, 1.54) is 11.1 Å². The van der Waals surface area contributed by atoms with Gasteiger partial charge in [0.1, 0.15) is 0 Å². The first kappa shape index (κ1) is 15.5. The van der Waals surface area contributed by atoms with Crippen LogP contribution in [0.3, 0.4) is 0 Å². The van der Waals surface area contributed by atoms with Gasteiger partial charge in [-0.25, -0.2) is 0 Å². The molecule has 0 aliphatic carbocycles. The molecule has 0 aromatic heterocycles. The van der Waals surface area contributed by atoms with Crippen LogP contribution < -0.4 is 10.6 Å². The highest BCUT2D eigenvalue weighted by Gasteiger charge is 1.99. The predicted octanol–water partition coefficient (Wildman–Crippen LogP) is 3.37. The van der Waals surface area contributed by atoms with Gasteiger partial charge in [0.25, 0.3) is 0 Å². The van der Waals surface area contributed by atoms with Crippen LogP contribution >= 0.6 is 11.6 Å². The number of benzene rings is 1. The van der Waals surface area contributed by atoms with Crippen molar-refractivity contribution in [2.75, 3.05) is 19.6 Å². The maximum absolute atomic E-state index is 6.17. The van der Waals surface area contributed by atoms with Gasteiger partial charge >= 0.3 is 0 Å². The van der Waals surface area contributed by atoms with Gasteiger partial charge < -0.3 is 10.6 Å². The van der Waals surface area contributed by atoms with Crippen LogP contribution in [0.2, 0.25) is 5.02 Å². The molecule has 0 amide bonds. The molecular weight excluding hydrogens is 244 g/mol. The van der Waals surface area contributed by atoms with E-state index in [2.05, 4.69) is 43.5 Å². The quantitative estimate of drug-likeness (QED) is 0.707. The van der Waals surface area contributed by atoms with E-state index < -0.39 is 0 Å². The van der Waals surface area contributed by atoms with Crippen molar-refractivity contribution in [3.63, 3.8) is 0 Å². The van der Waals surface area contributed by atoms with Gasteiger partial charge in [-0.15, -0.1) is 0 Å². The lowest BCUT2D eigenvalue weighted by atomic mass is 10.1. The van der Waals surface area contributed by atoms with Gasteiger partial charge in [-0.1, -0.05) is 37.6 Å². The maximum Gasteiger partial charge on any atom is 0.0453 e. The number of rotatable bonds is 8. The van der Waals surface area contributed by atoms with Gasteiger partial charge in [0.15, 0.2) is 0 Å². The molecule has 0 radical (unpaired) electrons. The van der Waals surface area contributed by atoms with Crippen molar-refractivity contribution in [2.45, 2.75) is 33.7 Å². The minimum Gasteiger partial charge on any atom is -0.316 e. The van der Waals surface area contributed by atoms with Crippen LogP contribution in [0.25, 0.3) is 0 Å². The molecular formula is C15H25ClN2. The Morgan fingerprint density at radius 2 is 1.89 bits per heavy atom. The summed E-state index contributed by atoms with van der Waals surface area (Å²) in [5.41, 5.74) is 2.39. The summed E-state index contributed by atoms with van der Waals surface area (Å²) in [7, 11) is 0. The molecule has 1 aromatic rings. The molecule has 1 aromatic carbocycles. The van der Waals surface area contributed by atoms with Crippen molar-refractivity contribution in [3.8, 4) is 0 Å². The van der Waals surface area contributed by atoms with E-state index in [-0.39, 0.29) is 0 Å². The summed E-state index contributed by atoms with van der Waals surface area (Å²) in [6.07, 6.45) is 1.15. The van der Waals surface area contributed by atoms with Crippen molar-refractivity contribution in [3.05, 3.63) is 34.3 Å². The van der Waals surface area contributed by atoms with Gasteiger partial charge in [0.05, 0.1) is 0 Å². The Bertz CT molecular complexity index is 350. The van der Waals surface area contributed by atoms with Crippen LogP contribution in [0.4, 0.5) is 0 Å². The lowest BCUT2D eigenvalue weighted by Gasteiger charge is -2.09. The summed E-state index contributed by atoms with van der Waals surface area (Å²) in [6.45, 7) is 10.6. The average Bonchev–Trinajstić information content (AvgIpc) is 2.30. The molecule has 0 fully saturated rings. The van der Waals surface area contributed by atoms with Crippen molar-refractivity contribution in [1.29, 1.82) is 0 Å². The van der Waals surface area contributed by atoms with Gasteiger partial charge in [0, 0.05) is 11.6 Å². The lowest BCUT2D eigenvalue weighted by Crippen LogP contribution is -2.24. The Labute approximate surface area is 116 Å². The molecule has 102 valence electrons. The molecule has 0 saturated carbocycles. The fraction of sp³-hybridized carbons (Fsp3) is 0.600. The number of hydrogen-bond acceptors (Lipinski definition) is 2. The van der Waals surface area contributed by atoms with Crippen LogP contribution in [-0.2, 0) is 6.54 Å². The van der Waals surface area contributed by atoms with Crippen molar-refractivity contribution in [2.24, 2.45) is 5.92 Å². The van der Waals surface area contributed by atoms with Gasteiger partial charge in [-0.2, -0.15) is 0 Å². The molecule has 2 nitrogen and oxygen atoms in total. The molecule has 1 rings (SSSR count). The molecule has 0 aliphatic rings. The number of aryl methyl sites for hydroxylation is 1. The lowest BCUT2D eigenvalue weighted by molar-refractivity contribution is 0.530. The normalized spacial score (nSPS) is 11.2. The Kier molecular flexibility index (Phi) is 7.33. The zero-order valence-electron chi connectivity index (χ0n) is 11.7. The number of halogens is 1. The second-order valence-electron chi connectivity index (χ2n) is 5.22. The topological polar surface area (TPSA) is 24.1 Å². The highest BCUT2D eigenvalue weighted by Crippen LogP contribution is 2.17. The largest absolute Gasteiger partial charge is 0.316 e. The fourth-order valence-electron chi connectivity index (χ4n) is 1.75. The molecule has 0 heterocycles. The Hall–Kier alpha value is -0.570. The summed E-state index contributed by atoms with van der Waals surface area (Å²) in [5, 5.41) is 7.72. The van der Waals surface area contributed by atoms with Crippen LogP contribution in [0.5, 0.6) is 0 Å². The van der Waals surface area contributed by atoms with E-state index in [1.54, 1.807) is 0 Å². The van der Waals surface area contributed by atoms with Crippen molar-refractivity contribution < 1.29 is 0 Å². The van der Waals surface area contributed by atoms with Gasteiger partial charge in [0.2, 0.25) is 0 Å². The Balaban J connectivity index is 2.11. The first-order chi connectivity index (χ1) is 8.59. The minimum absolute atomic E-state index is 0.726. The molecule has 0 unspecified atom stereocenters. The Morgan fingerprint density at radius 1 is 1.17 bits per heavy atom. The molecule has 2 N–H and O–H groups in total. The summed E-state index contributed by atoms with van der Waals surface area (Å²) >= 11 is 6.17. The van der Waals surface area contributed by atoms with E-state index in [4.69, 9.17) is 11.6 Å². The van der Waals surface area contributed by atoms with Crippen LogP contribution in [0, 0.1) is 12.8 Å². The monoisotopic (exact) mass is 268 g/mol. The number of hydrogen-bond donors (Lipinski definition) is 2. The molecule has 0 saturated heterocycles. The molecule has 3 heteroatoms. The molecule has 0 atom stereocenters. The average molecular weight is 269 g/mol. The first-order valence-corrected chi connectivity index (χ1v) is 7.14. The molecule has 0 bridgehead atoms. The van der Waals surface area contributed by atoms with E-state index >= 15 is 0 Å². The predicted molar refractivity (Wildman–Crippen MR) is 80.2 cm³/mol. The summed E-state index contributed by atoms with van der Waals surface area (Å²) in [5.74, 6) is 0.726.